The van der Waals surface area contributed by atoms with E-state index in [2.05, 4.69) is 23.9 Å². The van der Waals surface area contributed by atoms with Gasteiger partial charge in [-0.05, 0) is 61.7 Å². The summed E-state index contributed by atoms with van der Waals surface area (Å²) in [5.74, 6) is 0.559. The third-order valence-corrected chi connectivity index (χ3v) is 5.57. The van der Waals surface area contributed by atoms with Gasteiger partial charge in [-0.2, -0.15) is 4.72 Å². The summed E-state index contributed by atoms with van der Waals surface area (Å²) in [5, 5.41) is 2.72. The SMILES string of the molecule is CCOc1ccc(S(=O)(=O)N[C@@H](C)C(=O)Nc2ccc(C(C)C)cc2)cc1. The average molecular weight is 391 g/mol. The van der Waals surface area contributed by atoms with Gasteiger partial charge in [0.1, 0.15) is 5.75 Å². The number of amides is 1. The van der Waals surface area contributed by atoms with Crippen LogP contribution in [0.4, 0.5) is 5.69 Å². The molecule has 0 aromatic heterocycles. The number of carbonyl (C=O) groups is 1. The fourth-order valence-electron chi connectivity index (χ4n) is 2.44. The van der Waals surface area contributed by atoms with Crippen molar-refractivity contribution in [1.29, 1.82) is 0 Å². The molecule has 0 aliphatic carbocycles. The molecule has 2 rings (SSSR count). The van der Waals surface area contributed by atoms with Gasteiger partial charge in [-0.1, -0.05) is 26.0 Å². The molecule has 0 heterocycles. The van der Waals surface area contributed by atoms with Gasteiger partial charge >= 0.3 is 0 Å². The second-order valence-corrected chi connectivity index (χ2v) is 8.23. The highest BCUT2D eigenvalue weighted by Gasteiger charge is 2.22. The van der Waals surface area contributed by atoms with Crippen LogP contribution in [0.25, 0.3) is 0 Å². The molecule has 27 heavy (non-hydrogen) atoms. The first-order chi connectivity index (χ1) is 12.7. The highest BCUT2D eigenvalue weighted by atomic mass is 32.2. The van der Waals surface area contributed by atoms with Crippen molar-refractivity contribution in [3.63, 3.8) is 0 Å². The normalized spacial score (nSPS) is 12.6. The number of anilines is 1. The molecule has 0 aliphatic heterocycles. The van der Waals surface area contributed by atoms with Gasteiger partial charge in [-0.15, -0.1) is 0 Å². The molecule has 2 aromatic rings. The van der Waals surface area contributed by atoms with E-state index in [-0.39, 0.29) is 4.90 Å². The summed E-state index contributed by atoms with van der Waals surface area (Å²) >= 11 is 0. The summed E-state index contributed by atoms with van der Waals surface area (Å²) in [6.07, 6.45) is 0. The first-order valence-corrected chi connectivity index (χ1v) is 10.4. The van der Waals surface area contributed by atoms with Crippen LogP contribution in [-0.4, -0.2) is 27.0 Å². The molecular formula is C20H26N2O4S. The van der Waals surface area contributed by atoms with Gasteiger partial charge in [0.15, 0.2) is 0 Å². The van der Waals surface area contributed by atoms with Crippen molar-refractivity contribution in [1.82, 2.24) is 4.72 Å². The fraction of sp³-hybridized carbons (Fsp3) is 0.350. The smallest absolute Gasteiger partial charge is 0.242 e. The minimum atomic E-state index is -3.81. The lowest BCUT2D eigenvalue weighted by Gasteiger charge is -2.15. The first kappa shape index (κ1) is 20.9. The van der Waals surface area contributed by atoms with Crippen LogP contribution in [0.5, 0.6) is 5.75 Å². The summed E-state index contributed by atoms with van der Waals surface area (Å²) in [5.41, 5.74) is 1.79. The first-order valence-electron chi connectivity index (χ1n) is 8.89. The molecule has 0 saturated heterocycles. The van der Waals surface area contributed by atoms with E-state index in [1.54, 1.807) is 24.3 Å². The maximum absolute atomic E-state index is 12.5. The van der Waals surface area contributed by atoms with Crippen molar-refractivity contribution in [3.8, 4) is 5.75 Å². The van der Waals surface area contributed by atoms with Gasteiger partial charge in [0, 0.05) is 5.69 Å². The highest BCUT2D eigenvalue weighted by Crippen LogP contribution is 2.18. The van der Waals surface area contributed by atoms with E-state index < -0.39 is 22.0 Å². The number of carbonyl (C=O) groups excluding carboxylic acids is 1. The molecule has 6 nitrogen and oxygen atoms in total. The van der Waals surface area contributed by atoms with E-state index in [1.807, 2.05) is 19.1 Å². The predicted molar refractivity (Wildman–Crippen MR) is 107 cm³/mol. The van der Waals surface area contributed by atoms with Crippen molar-refractivity contribution >= 4 is 21.6 Å². The van der Waals surface area contributed by atoms with Crippen LogP contribution in [0.1, 0.15) is 39.2 Å². The topological polar surface area (TPSA) is 84.5 Å². The lowest BCUT2D eigenvalue weighted by atomic mass is 10.0. The third kappa shape index (κ3) is 5.80. The van der Waals surface area contributed by atoms with Crippen molar-refractivity contribution in [2.45, 2.75) is 44.6 Å². The highest BCUT2D eigenvalue weighted by molar-refractivity contribution is 7.89. The molecule has 2 N–H and O–H groups in total. The second kappa shape index (κ2) is 9.01. The van der Waals surface area contributed by atoms with E-state index in [9.17, 15) is 13.2 Å². The van der Waals surface area contributed by atoms with E-state index in [0.717, 1.165) is 5.56 Å². The molecule has 1 amide bonds. The van der Waals surface area contributed by atoms with Gasteiger partial charge in [0.25, 0.3) is 0 Å². The summed E-state index contributed by atoms with van der Waals surface area (Å²) in [6, 6.07) is 12.6. The Labute approximate surface area is 161 Å². The summed E-state index contributed by atoms with van der Waals surface area (Å²) in [4.78, 5) is 12.4. The van der Waals surface area contributed by atoms with Crippen LogP contribution >= 0.6 is 0 Å². The number of rotatable bonds is 8. The zero-order valence-corrected chi connectivity index (χ0v) is 16.8. The Bertz CT molecular complexity index is 860. The number of hydrogen-bond acceptors (Lipinski definition) is 4. The van der Waals surface area contributed by atoms with Gasteiger partial charge in [0.2, 0.25) is 15.9 Å². The van der Waals surface area contributed by atoms with Crippen LogP contribution in [-0.2, 0) is 14.8 Å². The monoisotopic (exact) mass is 390 g/mol. The number of hydrogen-bond donors (Lipinski definition) is 2. The Balaban J connectivity index is 2.01. The molecule has 0 radical (unpaired) electrons. The van der Waals surface area contributed by atoms with E-state index in [4.69, 9.17) is 4.74 Å². The van der Waals surface area contributed by atoms with Crippen LogP contribution < -0.4 is 14.8 Å². The van der Waals surface area contributed by atoms with Crippen molar-refractivity contribution in [3.05, 3.63) is 54.1 Å². The Morgan fingerprint density at radius 2 is 1.59 bits per heavy atom. The molecule has 2 aromatic carbocycles. The van der Waals surface area contributed by atoms with Gasteiger partial charge in [-0.3, -0.25) is 4.79 Å². The molecular weight excluding hydrogens is 364 g/mol. The minimum absolute atomic E-state index is 0.0758. The standard InChI is InChI=1S/C20H26N2O4S/c1-5-26-18-10-12-19(13-11-18)27(24,25)22-15(4)20(23)21-17-8-6-16(7-9-17)14(2)3/h6-15,22H,5H2,1-4H3,(H,21,23)/t15-/m0/s1. The van der Waals surface area contributed by atoms with Crippen LogP contribution in [0.3, 0.4) is 0 Å². The zero-order valence-electron chi connectivity index (χ0n) is 16.0. The number of benzene rings is 2. The maximum atomic E-state index is 12.5. The molecule has 0 aliphatic rings. The van der Waals surface area contributed by atoms with Crippen molar-refractivity contribution in [2.24, 2.45) is 0 Å². The number of ether oxygens (including phenoxy) is 1. The zero-order chi connectivity index (χ0) is 20.0. The molecule has 0 bridgehead atoms. The summed E-state index contributed by atoms with van der Waals surface area (Å²) < 4.78 is 32.6. The Morgan fingerprint density at radius 1 is 1.00 bits per heavy atom. The lowest BCUT2D eigenvalue weighted by molar-refractivity contribution is -0.117. The quantitative estimate of drug-likeness (QED) is 0.722. The predicted octanol–water partition coefficient (Wildman–Crippen LogP) is 3.51. The Morgan fingerprint density at radius 3 is 2.11 bits per heavy atom. The average Bonchev–Trinajstić information content (AvgIpc) is 2.62. The van der Waals surface area contributed by atoms with E-state index >= 15 is 0 Å². The third-order valence-electron chi connectivity index (χ3n) is 4.02. The largest absolute Gasteiger partial charge is 0.494 e. The number of sulfonamides is 1. The Hall–Kier alpha value is -2.38. The van der Waals surface area contributed by atoms with Crippen LogP contribution in [0, 0.1) is 0 Å². The van der Waals surface area contributed by atoms with Crippen LogP contribution in [0.15, 0.2) is 53.4 Å². The molecule has 0 spiro atoms. The van der Waals surface area contributed by atoms with Crippen LogP contribution in [0.2, 0.25) is 0 Å². The van der Waals surface area contributed by atoms with Crippen molar-refractivity contribution < 1.29 is 17.9 Å². The lowest BCUT2D eigenvalue weighted by Crippen LogP contribution is -2.41. The Kier molecular flexibility index (Phi) is 6.98. The molecule has 1 atom stereocenters. The summed E-state index contributed by atoms with van der Waals surface area (Å²) in [7, 11) is -3.81. The van der Waals surface area contributed by atoms with E-state index in [0.29, 0.717) is 24.0 Å². The molecule has 146 valence electrons. The van der Waals surface area contributed by atoms with Gasteiger partial charge < -0.3 is 10.1 Å². The maximum Gasteiger partial charge on any atom is 0.242 e. The minimum Gasteiger partial charge on any atom is -0.494 e. The molecule has 0 fully saturated rings. The summed E-state index contributed by atoms with van der Waals surface area (Å²) in [6.45, 7) is 8.03. The van der Waals surface area contributed by atoms with Gasteiger partial charge in [-0.25, -0.2) is 8.42 Å². The van der Waals surface area contributed by atoms with E-state index in [1.165, 1.54) is 19.1 Å². The van der Waals surface area contributed by atoms with Crippen molar-refractivity contribution in [2.75, 3.05) is 11.9 Å². The number of nitrogens with one attached hydrogen (secondary N) is 2. The second-order valence-electron chi connectivity index (χ2n) is 6.51. The molecule has 7 heteroatoms. The van der Waals surface area contributed by atoms with Gasteiger partial charge in [0.05, 0.1) is 17.5 Å². The fourth-order valence-corrected chi connectivity index (χ4v) is 3.64. The molecule has 0 saturated carbocycles. The molecule has 0 unspecified atom stereocenters.